The zero-order valence-electron chi connectivity index (χ0n) is 12.3. The van der Waals surface area contributed by atoms with Crippen LogP contribution in [0.2, 0.25) is 0 Å². The SMILES string of the molecule is CC1CCCCN1C(=O)Cc1csc(NC(=O)C2CC2)n1. The molecule has 1 saturated heterocycles. The third kappa shape index (κ3) is 3.61. The molecule has 1 aliphatic heterocycles. The Morgan fingerprint density at radius 1 is 1.38 bits per heavy atom. The van der Waals surface area contributed by atoms with Gasteiger partial charge in [0.2, 0.25) is 11.8 Å². The highest BCUT2D eigenvalue weighted by atomic mass is 32.1. The highest BCUT2D eigenvalue weighted by Gasteiger charge is 2.30. The molecular formula is C15H21N3O2S. The summed E-state index contributed by atoms with van der Waals surface area (Å²) in [5.41, 5.74) is 0.758. The quantitative estimate of drug-likeness (QED) is 0.929. The Morgan fingerprint density at radius 2 is 2.19 bits per heavy atom. The largest absolute Gasteiger partial charge is 0.340 e. The summed E-state index contributed by atoms with van der Waals surface area (Å²) in [6, 6.07) is 0.332. The molecule has 1 aromatic heterocycles. The van der Waals surface area contributed by atoms with Crippen molar-refractivity contribution < 1.29 is 9.59 Å². The Hall–Kier alpha value is -1.43. The van der Waals surface area contributed by atoms with Crippen molar-refractivity contribution >= 4 is 28.3 Å². The molecule has 3 rings (SSSR count). The monoisotopic (exact) mass is 307 g/mol. The molecule has 0 radical (unpaired) electrons. The average molecular weight is 307 g/mol. The number of thiazole rings is 1. The second-order valence-corrected chi connectivity index (χ2v) is 6.87. The maximum absolute atomic E-state index is 12.3. The van der Waals surface area contributed by atoms with E-state index in [2.05, 4.69) is 17.2 Å². The van der Waals surface area contributed by atoms with E-state index in [1.807, 2.05) is 10.3 Å². The van der Waals surface area contributed by atoms with Crippen LogP contribution in [0.15, 0.2) is 5.38 Å². The summed E-state index contributed by atoms with van der Waals surface area (Å²) in [5.74, 6) is 0.382. The summed E-state index contributed by atoms with van der Waals surface area (Å²) in [7, 11) is 0. The highest BCUT2D eigenvalue weighted by molar-refractivity contribution is 7.13. The van der Waals surface area contributed by atoms with E-state index in [0.29, 0.717) is 17.6 Å². The van der Waals surface area contributed by atoms with Crippen molar-refractivity contribution in [1.82, 2.24) is 9.88 Å². The van der Waals surface area contributed by atoms with Crippen LogP contribution in [0, 0.1) is 5.92 Å². The molecule has 1 atom stereocenters. The van der Waals surface area contributed by atoms with Gasteiger partial charge in [0.1, 0.15) is 0 Å². The van der Waals surface area contributed by atoms with E-state index in [9.17, 15) is 9.59 Å². The minimum atomic E-state index is 0.0619. The molecule has 1 unspecified atom stereocenters. The van der Waals surface area contributed by atoms with Gasteiger partial charge in [-0.05, 0) is 39.0 Å². The number of anilines is 1. The number of nitrogens with zero attached hydrogens (tertiary/aromatic N) is 2. The molecule has 6 heteroatoms. The Labute approximate surface area is 128 Å². The van der Waals surface area contributed by atoms with Crippen LogP contribution < -0.4 is 5.32 Å². The van der Waals surface area contributed by atoms with Crippen LogP contribution in [0.25, 0.3) is 0 Å². The smallest absolute Gasteiger partial charge is 0.229 e. The molecule has 1 aliphatic carbocycles. The number of nitrogens with one attached hydrogen (secondary N) is 1. The predicted molar refractivity (Wildman–Crippen MR) is 82.2 cm³/mol. The molecule has 114 valence electrons. The van der Waals surface area contributed by atoms with Gasteiger partial charge < -0.3 is 10.2 Å². The molecule has 5 nitrogen and oxygen atoms in total. The van der Waals surface area contributed by atoms with Crippen molar-refractivity contribution in [1.29, 1.82) is 0 Å². The van der Waals surface area contributed by atoms with Crippen LogP contribution in [0.1, 0.15) is 44.7 Å². The van der Waals surface area contributed by atoms with Crippen molar-refractivity contribution in [3.8, 4) is 0 Å². The first-order valence-electron chi connectivity index (χ1n) is 7.68. The number of carbonyl (C=O) groups is 2. The first-order chi connectivity index (χ1) is 10.1. The first-order valence-corrected chi connectivity index (χ1v) is 8.56. The van der Waals surface area contributed by atoms with E-state index in [4.69, 9.17) is 0 Å². The minimum Gasteiger partial charge on any atom is -0.340 e. The summed E-state index contributed by atoms with van der Waals surface area (Å²) in [5, 5.41) is 5.31. The Morgan fingerprint density at radius 3 is 2.90 bits per heavy atom. The second kappa shape index (κ2) is 6.13. The number of hydrogen-bond acceptors (Lipinski definition) is 4. The fraction of sp³-hybridized carbons (Fsp3) is 0.667. The van der Waals surface area contributed by atoms with Crippen molar-refractivity contribution in [2.75, 3.05) is 11.9 Å². The zero-order chi connectivity index (χ0) is 14.8. The highest BCUT2D eigenvalue weighted by Crippen LogP contribution is 2.30. The molecule has 2 amide bonds. The summed E-state index contributed by atoms with van der Waals surface area (Å²) in [6.45, 7) is 2.97. The maximum Gasteiger partial charge on any atom is 0.229 e. The van der Waals surface area contributed by atoms with Gasteiger partial charge in [-0.3, -0.25) is 9.59 Å². The van der Waals surface area contributed by atoms with E-state index in [1.165, 1.54) is 17.8 Å². The number of aromatic nitrogens is 1. The van der Waals surface area contributed by atoms with Gasteiger partial charge in [-0.2, -0.15) is 0 Å². The number of piperidine rings is 1. The Bertz CT molecular complexity index is 539. The van der Waals surface area contributed by atoms with Gasteiger partial charge >= 0.3 is 0 Å². The fourth-order valence-electron chi connectivity index (χ4n) is 2.72. The van der Waals surface area contributed by atoms with Crippen LogP contribution in [0.3, 0.4) is 0 Å². The normalized spacial score (nSPS) is 22.1. The Kier molecular flexibility index (Phi) is 4.24. The molecule has 21 heavy (non-hydrogen) atoms. The molecule has 0 spiro atoms. The third-order valence-corrected chi connectivity index (χ3v) is 4.99. The minimum absolute atomic E-state index is 0.0619. The number of carbonyl (C=O) groups excluding carboxylic acids is 2. The summed E-state index contributed by atoms with van der Waals surface area (Å²) in [6.07, 6.45) is 5.69. The standard InChI is InChI=1S/C15H21N3O2S/c1-10-4-2-3-7-18(10)13(19)8-12-9-21-15(16-12)17-14(20)11-5-6-11/h9-11H,2-8H2,1H3,(H,16,17,20). The molecule has 2 aliphatic rings. The average Bonchev–Trinajstić information content (AvgIpc) is 3.22. The molecule has 2 heterocycles. The van der Waals surface area contributed by atoms with Gasteiger partial charge in [-0.15, -0.1) is 11.3 Å². The molecule has 2 fully saturated rings. The zero-order valence-corrected chi connectivity index (χ0v) is 13.1. The van der Waals surface area contributed by atoms with Crippen LogP contribution in [-0.4, -0.2) is 34.3 Å². The van der Waals surface area contributed by atoms with Gasteiger partial charge in [-0.1, -0.05) is 0 Å². The van der Waals surface area contributed by atoms with E-state index in [1.54, 1.807) is 0 Å². The topological polar surface area (TPSA) is 62.3 Å². The van der Waals surface area contributed by atoms with Crippen LogP contribution >= 0.6 is 11.3 Å². The molecule has 0 bridgehead atoms. The lowest BCUT2D eigenvalue weighted by molar-refractivity contribution is -0.133. The lowest BCUT2D eigenvalue weighted by Gasteiger charge is -2.33. The lowest BCUT2D eigenvalue weighted by Crippen LogP contribution is -2.42. The summed E-state index contributed by atoms with van der Waals surface area (Å²) in [4.78, 5) is 30.3. The Balaban J connectivity index is 1.55. The van der Waals surface area contributed by atoms with E-state index in [-0.39, 0.29) is 17.7 Å². The van der Waals surface area contributed by atoms with E-state index in [0.717, 1.165) is 37.9 Å². The van der Waals surface area contributed by atoms with Crippen LogP contribution in [-0.2, 0) is 16.0 Å². The van der Waals surface area contributed by atoms with Crippen molar-refractivity contribution in [3.05, 3.63) is 11.1 Å². The van der Waals surface area contributed by atoms with Gasteiger partial charge in [0.15, 0.2) is 5.13 Å². The molecule has 0 aromatic carbocycles. The first kappa shape index (κ1) is 14.5. The maximum atomic E-state index is 12.3. The van der Waals surface area contributed by atoms with Crippen LogP contribution in [0.5, 0.6) is 0 Å². The number of rotatable bonds is 4. The van der Waals surface area contributed by atoms with E-state index >= 15 is 0 Å². The summed E-state index contributed by atoms with van der Waals surface area (Å²) < 4.78 is 0. The predicted octanol–water partition coefficient (Wildman–Crippen LogP) is 2.44. The third-order valence-electron chi connectivity index (χ3n) is 4.19. The van der Waals surface area contributed by atoms with Gasteiger partial charge in [0.25, 0.3) is 0 Å². The number of amides is 2. The lowest BCUT2D eigenvalue weighted by atomic mass is 10.0. The van der Waals surface area contributed by atoms with Gasteiger partial charge in [0, 0.05) is 23.9 Å². The molecule has 1 saturated carbocycles. The molecule has 1 N–H and O–H groups in total. The van der Waals surface area contributed by atoms with Gasteiger partial charge in [-0.25, -0.2) is 4.98 Å². The van der Waals surface area contributed by atoms with E-state index < -0.39 is 0 Å². The number of hydrogen-bond donors (Lipinski definition) is 1. The fourth-order valence-corrected chi connectivity index (χ4v) is 3.44. The van der Waals surface area contributed by atoms with Crippen LogP contribution in [0.4, 0.5) is 5.13 Å². The molecule has 1 aromatic rings. The summed E-state index contributed by atoms with van der Waals surface area (Å²) >= 11 is 1.40. The number of likely N-dealkylation sites (tertiary alicyclic amines) is 1. The van der Waals surface area contributed by atoms with Crippen molar-refractivity contribution in [2.24, 2.45) is 5.92 Å². The second-order valence-electron chi connectivity index (χ2n) is 6.02. The van der Waals surface area contributed by atoms with Gasteiger partial charge in [0.05, 0.1) is 12.1 Å². The van der Waals surface area contributed by atoms with Crippen molar-refractivity contribution in [2.45, 2.75) is 51.5 Å². The van der Waals surface area contributed by atoms with Crippen molar-refractivity contribution in [3.63, 3.8) is 0 Å². The molecular weight excluding hydrogens is 286 g/mol.